The Bertz CT molecular complexity index is 3750. The summed E-state index contributed by atoms with van der Waals surface area (Å²) in [7, 11) is 1.20. The number of aliphatic hydroxyl groups excluding tert-OH is 3. The van der Waals surface area contributed by atoms with Crippen LogP contribution < -0.4 is 25.9 Å². The number of hydrogen-bond donors (Lipinski definition) is 7. The minimum atomic E-state index is -5.08. The Labute approximate surface area is 545 Å². The number of aliphatic hydroxyl groups is 3. The molecule has 0 spiro atoms. The maximum Gasteiger partial charge on any atom is 0.490 e. The summed E-state index contributed by atoms with van der Waals surface area (Å²) in [4.78, 5) is 62.4. The lowest BCUT2D eigenvalue weighted by atomic mass is 9.95. The molecule has 1 amide bonds. The Morgan fingerprint density at radius 2 is 1.06 bits per heavy atom. The molecule has 0 radical (unpaired) electrons. The van der Waals surface area contributed by atoms with E-state index in [9.17, 15) is 44.4 Å². The lowest BCUT2D eigenvalue weighted by Crippen LogP contribution is -2.51. The highest BCUT2D eigenvalue weighted by Gasteiger charge is 2.39. The molecule has 0 saturated carbocycles. The van der Waals surface area contributed by atoms with Crippen molar-refractivity contribution in [2.75, 3.05) is 72.3 Å². The first kappa shape index (κ1) is 80.5. The molecule has 9 rings (SSSR count). The van der Waals surface area contributed by atoms with Crippen molar-refractivity contribution >= 4 is 63.9 Å². The van der Waals surface area contributed by atoms with Gasteiger partial charge >= 0.3 is 18.2 Å². The average molecular weight is 1380 g/mol. The Balaban J connectivity index is 0.000000338. The van der Waals surface area contributed by atoms with Crippen LogP contribution in [0.25, 0.3) is 44.8 Å². The molecule has 6 aromatic rings. The number of carboxylic acids is 1. The van der Waals surface area contributed by atoms with E-state index < -0.39 is 36.8 Å². The Morgan fingerprint density at radius 1 is 0.667 bits per heavy atom. The number of amides is 1. The van der Waals surface area contributed by atoms with E-state index in [1.165, 1.54) is 63.5 Å². The number of aryl methyl sites for hydroxylation is 4. The van der Waals surface area contributed by atoms with Crippen molar-refractivity contribution in [1.29, 1.82) is 0 Å². The molecular weight excluding hydrogens is 1280 g/mol. The molecular formula is C61H93ClF3N11O15S2. The molecule has 7 N–H and O–H groups in total. The summed E-state index contributed by atoms with van der Waals surface area (Å²) in [6, 6.07) is 8.83. The van der Waals surface area contributed by atoms with E-state index in [0.29, 0.717) is 108 Å². The SMILES string of the molecule is C.C.CC(C)(C)OC(=O)N1CC(CCCO)C1.CCCc1nn(C)c2c(=O)[nH]c(-c3cc(S(=O)(=O)Cl)ccc3OCC)nc12.CCCc1nn(C)c2c(=O)[nH]c(-c3cc(S(=O)(=O)N4CC(CCCO)C4)ccc3OCC)nc12.O=C(O)C(F)(F)F.OCCCC1CNC1. The number of nitrogens with zero attached hydrogens (tertiary/aromatic N) is 8. The standard InChI is InChI=1S/C23H31N5O5S.C17H19ClN4O4S.C11H21NO3.C6H13NO.C2HF3O2.2CH4/c1-4-7-18-20-21(27(3)26-18)23(30)25-22(24-20)17-12-16(9-10-19(17)33-5-2)34(31,32)28-13-15(14-28)8-6-11-29;1-4-6-12-14-15(22(3)21-12)17(23)20-16(19-14)11-9-10(27(18,24)25)7-8-13(11)26-5-2;1-11(2,3)15-10(14)12-7-9(8-12)5-4-6-13;8-3-1-2-6-4-7-5-6;3-2(4,5)1(6)7;;/h9-10,12,15,29H,4-8,11,13-14H2,1-3H3,(H,24,25,30);7-9H,4-6H2,1-3H3,(H,19,20,23);9,13H,4-8H2,1-3H3;6-8H,1-5H2;(H,6,7);2*1H4. The second kappa shape index (κ2) is 36.2. The van der Waals surface area contributed by atoms with E-state index in [1.807, 2.05) is 41.5 Å². The van der Waals surface area contributed by atoms with E-state index in [1.54, 1.807) is 32.0 Å². The monoisotopic (exact) mass is 1380 g/mol. The van der Waals surface area contributed by atoms with Gasteiger partial charge < -0.3 is 54.8 Å². The number of sulfonamides is 1. The maximum absolute atomic E-state index is 13.2. The third kappa shape index (κ3) is 22.4. The highest BCUT2D eigenvalue weighted by molar-refractivity contribution is 8.13. The molecule has 26 nitrogen and oxygen atoms in total. The molecule has 0 aliphatic carbocycles. The van der Waals surface area contributed by atoms with Crippen LogP contribution in [0.2, 0.25) is 0 Å². The predicted molar refractivity (Wildman–Crippen MR) is 349 cm³/mol. The molecule has 3 fully saturated rings. The number of rotatable bonds is 22. The Kier molecular flexibility index (Phi) is 31.4. The molecule has 0 bridgehead atoms. The summed E-state index contributed by atoms with van der Waals surface area (Å²) in [6.45, 7) is 19.5. The van der Waals surface area contributed by atoms with Crippen molar-refractivity contribution in [2.45, 2.75) is 149 Å². The van der Waals surface area contributed by atoms with E-state index in [4.69, 9.17) is 50.1 Å². The molecule has 4 aromatic heterocycles. The van der Waals surface area contributed by atoms with Gasteiger partial charge in [-0.1, -0.05) is 41.5 Å². The van der Waals surface area contributed by atoms with Gasteiger partial charge in [0.25, 0.3) is 20.2 Å². The molecule has 3 aliphatic heterocycles. The van der Waals surface area contributed by atoms with Crippen LogP contribution in [0, 0.1) is 17.8 Å². The van der Waals surface area contributed by atoms with Gasteiger partial charge in [0, 0.05) is 70.8 Å². The fourth-order valence-corrected chi connectivity index (χ4v) is 12.2. The smallest absolute Gasteiger partial charge is 0.490 e. The molecule has 0 unspecified atom stereocenters. The maximum atomic E-state index is 13.2. The van der Waals surface area contributed by atoms with Gasteiger partial charge in [-0.05, 0) is 153 Å². The van der Waals surface area contributed by atoms with Gasteiger partial charge in [-0.2, -0.15) is 27.7 Å². The van der Waals surface area contributed by atoms with Gasteiger partial charge in [0.1, 0.15) is 39.8 Å². The summed E-state index contributed by atoms with van der Waals surface area (Å²) in [6.07, 6.45) is 3.20. The number of halogens is 4. The number of nitrogens with one attached hydrogen (secondary N) is 3. The fourth-order valence-electron chi connectivity index (χ4n) is 9.79. The normalized spacial score (nSPS) is 14.4. The number of H-pyrrole nitrogens is 2. The minimum absolute atomic E-state index is 0. The summed E-state index contributed by atoms with van der Waals surface area (Å²) in [5.41, 5.74) is 2.79. The number of aromatic nitrogens is 8. The molecule has 3 aliphatic rings. The van der Waals surface area contributed by atoms with Crippen molar-refractivity contribution < 1.29 is 74.2 Å². The molecule has 3 saturated heterocycles. The zero-order chi connectivity index (χ0) is 67.6. The van der Waals surface area contributed by atoms with E-state index >= 15 is 0 Å². The molecule has 2 aromatic carbocycles. The van der Waals surface area contributed by atoms with Crippen molar-refractivity contribution in [2.24, 2.45) is 31.8 Å². The molecule has 522 valence electrons. The second-order valence-electron chi connectivity index (χ2n) is 22.8. The minimum Gasteiger partial charge on any atom is -0.493 e. The first-order valence-corrected chi connectivity index (χ1v) is 33.8. The summed E-state index contributed by atoms with van der Waals surface area (Å²) >= 11 is 0. The number of aromatic amines is 2. The van der Waals surface area contributed by atoms with Crippen LogP contribution in [0.15, 0.2) is 55.8 Å². The van der Waals surface area contributed by atoms with Gasteiger partial charge in [-0.25, -0.2) is 36.4 Å². The number of benzene rings is 2. The molecule has 93 heavy (non-hydrogen) atoms. The first-order chi connectivity index (χ1) is 42.8. The Hall–Kier alpha value is -6.74. The van der Waals surface area contributed by atoms with Gasteiger partial charge in [-0.3, -0.25) is 19.0 Å². The zero-order valence-electron chi connectivity index (χ0n) is 52.7. The summed E-state index contributed by atoms with van der Waals surface area (Å²) in [5, 5.41) is 45.2. The first-order valence-electron chi connectivity index (χ1n) is 30.1. The van der Waals surface area contributed by atoms with Gasteiger partial charge in [0.2, 0.25) is 10.0 Å². The number of aliphatic carboxylic acids is 1. The van der Waals surface area contributed by atoms with Crippen LogP contribution in [-0.4, -0.2) is 182 Å². The molecule has 0 atom stereocenters. The third-order valence-electron chi connectivity index (χ3n) is 14.4. The second-order valence-corrected chi connectivity index (χ2v) is 27.4. The number of carbonyl (C=O) groups is 2. The van der Waals surface area contributed by atoms with Crippen molar-refractivity contribution in [3.8, 4) is 34.3 Å². The van der Waals surface area contributed by atoms with E-state index in [-0.39, 0.29) is 72.6 Å². The van der Waals surface area contributed by atoms with Crippen molar-refractivity contribution in [3.63, 3.8) is 0 Å². The van der Waals surface area contributed by atoms with Gasteiger partial charge in [-0.15, -0.1) is 0 Å². The number of fused-ring (bicyclic) bond motifs is 2. The van der Waals surface area contributed by atoms with E-state index in [0.717, 1.165) is 63.2 Å². The van der Waals surface area contributed by atoms with E-state index in [2.05, 4.69) is 35.5 Å². The van der Waals surface area contributed by atoms with Crippen molar-refractivity contribution in [3.05, 3.63) is 68.5 Å². The summed E-state index contributed by atoms with van der Waals surface area (Å²) in [5.74, 6) is 0.182. The number of carbonyl (C=O) groups excluding carboxylic acids is 1. The number of ether oxygens (including phenoxy) is 3. The number of carboxylic acid groups (broad SMARTS) is 1. The van der Waals surface area contributed by atoms with Crippen molar-refractivity contribution in [1.82, 2.24) is 54.0 Å². The number of hydrogen-bond acceptors (Lipinski definition) is 19. The largest absolute Gasteiger partial charge is 0.493 e. The van der Waals surface area contributed by atoms with Crippen LogP contribution in [0.3, 0.4) is 0 Å². The lowest BCUT2D eigenvalue weighted by Gasteiger charge is -2.39. The quantitative estimate of drug-likeness (QED) is 0.0315. The topological polar surface area (TPSA) is 357 Å². The predicted octanol–water partition coefficient (Wildman–Crippen LogP) is 8.18. The number of alkyl halides is 3. The summed E-state index contributed by atoms with van der Waals surface area (Å²) < 4.78 is 103. The van der Waals surface area contributed by atoms with Crippen LogP contribution >= 0.6 is 10.7 Å². The fraction of sp³-hybridized carbons (Fsp3) is 0.607. The van der Waals surface area contributed by atoms with Crippen LogP contribution in [0.4, 0.5) is 18.0 Å². The molecule has 7 heterocycles. The number of likely N-dealkylation sites (tertiary alicyclic amines) is 1. The highest BCUT2D eigenvalue weighted by Crippen LogP contribution is 2.36. The Morgan fingerprint density at radius 3 is 1.42 bits per heavy atom. The highest BCUT2D eigenvalue weighted by atomic mass is 35.7. The third-order valence-corrected chi connectivity index (χ3v) is 17.6. The van der Waals surface area contributed by atoms with Crippen LogP contribution in [0.5, 0.6) is 11.5 Å². The molecule has 32 heteroatoms. The van der Waals surface area contributed by atoms with Crippen LogP contribution in [-0.2, 0) is 55.5 Å². The lowest BCUT2D eigenvalue weighted by molar-refractivity contribution is -0.192. The zero-order valence-corrected chi connectivity index (χ0v) is 55.1. The van der Waals surface area contributed by atoms with Crippen LogP contribution in [0.1, 0.15) is 126 Å². The van der Waals surface area contributed by atoms with Gasteiger partial charge in [0.05, 0.1) is 45.5 Å². The van der Waals surface area contributed by atoms with Gasteiger partial charge in [0.15, 0.2) is 11.0 Å². The average Bonchev–Trinajstić information content (AvgIpc) is 1.76.